The molecule has 0 unspecified atom stereocenters. The molecule has 28 heavy (non-hydrogen) atoms. The van der Waals surface area contributed by atoms with Gasteiger partial charge >= 0.3 is 0 Å². The second-order valence-electron chi connectivity index (χ2n) is 7.01. The van der Waals surface area contributed by atoms with Crippen molar-refractivity contribution >= 4 is 54.6 Å². The second-order valence-corrected chi connectivity index (χ2v) is 8.95. The second kappa shape index (κ2) is 8.99. The van der Waals surface area contributed by atoms with Crippen LogP contribution in [0.15, 0.2) is 59.1 Å². The molecule has 6 heteroatoms. The predicted molar refractivity (Wildman–Crippen MR) is 121 cm³/mol. The number of halogens is 1. The zero-order valence-electron chi connectivity index (χ0n) is 15.5. The minimum absolute atomic E-state index is 0.0631. The number of hydrogen-bond acceptors (Lipinski definition) is 4. The number of carbonyl (C=O) groups is 1. The Morgan fingerprint density at radius 1 is 1.21 bits per heavy atom. The van der Waals surface area contributed by atoms with Crippen LogP contribution in [0.5, 0.6) is 0 Å². The Bertz CT molecular complexity index is 978. The molecule has 0 spiro atoms. The van der Waals surface area contributed by atoms with Crippen LogP contribution >= 0.6 is 27.3 Å². The number of amides is 1. The Morgan fingerprint density at radius 3 is 2.79 bits per heavy atom. The zero-order valence-corrected chi connectivity index (χ0v) is 17.9. The average molecular weight is 456 g/mol. The van der Waals surface area contributed by atoms with Crippen molar-refractivity contribution in [2.45, 2.75) is 12.8 Å². The van der Waals surface area contributed by atoms with E-state index in [1.54, 1.807) is 0 Å². The molecule has 1 fully saturated rings. The third-order valence-electron chi connectivity index (χ3n) is 5.01. The smallest absolute Gasteiger partial charge is 0.229 e. The summed E-state index contributed by atoms with van der Waals surface area (Å²) >= 11 is 4.99. The van der Waals surface area contributed by atoms with Crippen molar-refractivity contribution in [1.82, 2.24) is 9.88 Å². The van der Waals surface area contributed by atoms with E-state index in [0.717, 1.165) is 47.2 Å². The molecule has 0 saturated carbocycles. The molecule has 1 amide bonds. The molecule has 1 N–H and O–H groups in total. The molecular weight excluding hydrogens is 434 g/mol. The number of aromatic nitrogens is 1. The number of carbonyl (C=O) groups excluding carboxylic acids is 1. The summed E-state index contributed by atoms with van der Waals surface area (Å²) in [5, 5.41) is 3.71. The van der Waals surface area contributed by atoms with Crippen molar-refractivity contribution in [2.24, 2.45) is 5.92 Å². The number of hydrogen-bond donors (Lipinski definition) is 1. The summed E-state index contributed by atoms with van der Waals surface area (Å²) in [6.45, 7) is 2.82. The number of fused-ring (bicyclic) bond motifs is 1. The fraction of sp³-hybridized carbons (Fsp3) is 0.273. The molecule has 1 aliphatic heterocycles. The maximum Gasteiger partial charge on any atom is 0.229 e. The van der Waals surface area contributed by atoms with E-state index >= 15 is 0 Å². The van der Waals surface area contributed by atoms with Crippen LogP contribution in [0.4, 0.5) is 5.13 Å². The summed E-state index contributed by atoms with van der Waals surface area (Å²) in [7, 11) is 0. The van der Waals surface area contributed by atoms with E-state index < -0.39 is 0 Å². The van der Waals surface area contributed by atoms with Crippen LogP contribution in [0.25, 0.3) is 16.3 Å². The number of likely N-dealkylation sites (tertiary alicyclic amines) is 1. The van der Waals surface area contributed by atoms with Crippen molar-refractivity contribution in [3.63, 3.8) is 0 Å². The third kappa shape index (κ3) is 4.87. The first-order valence-corrected chi connectivity index (χ1v) is 11.1. The first-order chi connectivity index (χ1) is 13.7. The molecule has 144 valence electrons. The van der Waals surface area contributed by atoms with E-state index in [4.69, 9.17) is 0 Å². The molecule has 1 aromatic heterocycles. The highest BCUT2D eigenvalue weighted by molar-refractivity contribution is 9.10. The number of thiazole rings is 1. The molecular formula is C22H22BrN3OS. The lowest BCUT2D eigenvalue weighted by Gasteiger charge is -2.30. The number of benzene rings is 2. The van der Waals surface area contributed by atoms with Crippen molar-refractivity contribution in [3.8, 4) is 0 Å². The lowest BCUT2D eigenvalue weighted by molar-refractivity contribution is -0.121. The molecule has 2 aromatic carbocycles. The highest BCUT2D eigenvalue weighted by Crippen LogP contribution is 2.29. The Morgan fingerprint density at radius 2 is 2.00 bits per heavy atom. The van der Waals surface area contributed by atoms with Gasteiger partial charge in [-0.25, -0.2) is 4.98 Å². The number of rotatable bonds is 5. The first kappa shape index (κ1) is 19.3. The van der Waals surface area contributed by atoms with Crippen LogP contribution in [0.2, 0.25) is 0 Å². The molecule has 0 bridgehead atoms. The van der Waals surface area contributed by atoms with Gasteiger partial charge in [0.1, 0.15) is 0 Å². The predicted octanol–water partition coefficient (Wildman–Crippen LogP) is 5.42. The Labute approximate surface area is 177 Å². The SMILES string of the molecule is O=C(Nc1nc2ccc(Br)cc2s1)C1CCN(C/C=C/c2ccccc2)CC1. The lowest BCUT2D eigenvalue weighted by atomic mass is 9.96. The van der Waals surface area contributed by atoms with Crippen LogP contribution in [0, 0.1) is 5.92 Å². The van der Waals surface area contributed by atoms with E-state index in [1.165, 1.54) is 16.9 Å². The number of anilines is 1. The molecule has 4 nitrogen and oxygen atoms in total. The highest BCUT2D eigenvalue weighted by Gasteiger charge is 2.25. The van der Waals surface area contributed by atoms with Gasteiger partial charge in [-0.1, -0.05) is 69.8 Å². The van der Waals surface area contributed by atoms with E-state index in [0.29, 0.717) is 5.13 Å². The zero-order chi connectivity index (χ0) is 19.3. The summed E-state index contributed by atoms with van der Waals surface area (Å²) in [5.41, 5.74) is 2.14. The molecule has 3 aromatic rings. The average Bonchev–Trinajstić information content (AvgIpc) is 3.10. The van der Waals surface area contributed by atoms with Crippen LogP contribution in [0.1, 0.15) is 18.4 Å². The van der Waals surface area contributed by atoms with Crippen LogP contribution in [-0.4, -0.2) is 35.4 Å². The summed E-state index contributed by atoms with van der Waals surface area (Å²) < 4.78 is 2.10. The van der Waals surface area contributed by atoms with Gasteiger partial charge in [-0.2, -0.15) is 0 Å². The largest absolute Gasteiger partial charge is 0.302 e. The maximum absolute atomic E-state index is 12.6. The fourth-order valence-electron chi connectivity index (χ4n) is 3.44. The van der Waals surface area contributed by atoms with E-state index in [-0.39, 0.29) is 11.8 Å². The first-order valence-electron chi connectivity index (χ1n) is 9.48. The highest BCUT2D eigenvalue weighted by atomic mass is 79.9. The Hall–Kier alpha value is -2.02. The summed E-state index contributed by atoms with van der Waals surface area (Å²) in [6, 6.07) is 16.3. The standard InChI is InChI=1S/C22H22BrN3OS/c23-18-8-9-19-20(15-18)28-22(24-19)25-21(27)17-10-13-26(14-11-17)12-4-7-16-5-2-1-3-6-16/h1-9,15,17H,10-14H2,(H,24,25,27)/b7-4+. The summed E-state index contributed by atoms with van der Waals surface area (Å²) in [4.78, 5) is 19.6. The molecule has 1 saturated heterocycles. The molecule has 1 aliphatic rings. The maximum atomic E-state index is 12.6. The topological polar surface area (TPSA) is 45.2 Å². The molecule has 0 atom stereocenters. The minimum atomic E-state index is 0.0631. The van der Waals surface area contributed by atoms with E-state index in [2.05, 4.69) is 55.4 Å². The Balaban J connectivity index is 1.27. The van der Waals surface area contributed by atoms with Crippen LogP contribution in [-0.2, 0) is 4.79 Å². The fourth-order valence-corrected chi connectivity index (χ4v) is 4.86. The van der Waals surface area contributed by atoms with Gasteiger partial charge in [0, 0.05) is 16.9 Å². The third-order valence-corrected chi connectivity index (χ3v) is 6.44. The monoisotopic (exact) mass is 455 g/mol. The van der Waals surface area contributed by atoms with E-state index in [1.807, 2.05) is 36.4 Å². The van der Waals surface area contributed by atoms with Gasteiger partial charge in [0.2, 0.25) is 5.91 Å². The van der Waals surface area contributed by atoms with Crippen molar-refractivity contribution in [2.75, 3.05) is 25.0 Å². The number of nitrogens with one attached hydrogen (secondary N) is 1. The van der Waals surface area contributed by atoms with Crippen molar-refractivity contribution in [3.05, 3.63) is 64.6 Å². The van der Waals surface area contributed by atoms with Crippen molar-refractivity contribution in [1.29, 1.82) is 0 Å². The van der Waals surface area contributed by atoms with Gasteiger partial charge < -0.3 is 5.32 Å². The normalized spacial score (nSPS) is 16.0. The van der Waals surface area contributed by atoms with Gasteiger partial charge in [-0.05, 0) is 49.7 Å². The van der Waals surface area contributed by atoms with Crippen LogP contribution in [0.3, 0.4) is 0 Å². The molecule has 4 rings (SSSR count). The molecule has 0 radical (unpaired) electrons. The minimum Gasteiger partial charge on any atom is -0.302 e. The van der Waals surface area contributed by atoms with Gasteiger partial charge in [-0.15, -0.1) is 0 Å². The lowest BCUT2D eigenvalue weighted by Crippen LogP contribution is -2.38. The number of piperidine rings is 1. The van der Waals surface area contributed by atoms with Gasteiger partial charge in [0.25, 0.3) is 0 Å². The molecule has 2 heterocycles. The quantitative estimate of drug-likeness (QED) is 0.558. The van der Waals surface area contributed by atoms with Gasteiger partial charge in [0.15, 0.2) is 5.13 Å². The summed E-state index contributed by atoms with van der Waals surface area (Å²) in [6.07, 6.45) is 6.14. The van der Waals surface area contributed by atoms with Gasteiger partial charge in [0.05, 0.1) is 10.2 Å². The van der Waals surface area contributed by atoms with Gasteiger partial charge in [-0.3, -0.25) is 9.69 Å². The molecule has 0 aliphatic carbocycles. The Kier molecular flexibility index (Phi) is 6.20. The van der Waals surface area contributed by atoms with Crippen LogP contribution < -0.4 is 5.32 Å². The summed E-state index contributed by atoms with van der Waals surface area (Å²) in [5.74, 6) is 0.158. The van der Waals surface area contributed by atoms with Crippen molar-refractivity contribution < 1.29 is 4.79 Å². The van der Waals surface area contributed by atoms with E-state index in [9.17, 15) is 4.79 Å². The number of nitrogens with zero attached hydrogens (tertiary/aromatic N) is 2.